The van der Waals surface area contributed by atoms with Crippen LogP contribution in [0.15, 0.2) is 30.3 Å². The van der Waals surface area contributed by atoms with Gasteiger partial charge in [-0.15, -0.1) is 0 Å². The summed E-state index contributed by atoms with van der Waals surface area (Å²) in [6.07, 6.45) is 0. The molecule has 0 radical (unpaired) electrons. The van der Waals surface area contributed by atoms with E-state index in [-0.39, 0.29) is 0 Å². The molecule has 0 amide bonds. The Morgan fingerprint density at radius 2 is 1.88 bits per heavy atom. The molecule has 24 heavy (non-hydrogen) atoms. The SMILES string of the molecule is Cc1cc(Nc2ccccc2N2CCOCC2)nc(NC(C)C)n1. The average Bonchev–Trinajstić information content (AvgIpc) is 2.55. The van der Waals surface area contributed by atoms with Crippen LogP contribution in [0.25, 0.3) is 0 Å². The third-order valence-corrected chi connectivity index (χ3v) is 3.79. The van der Waals surface area contributed by atoms with E-state index in [1.165, 1.54) is 5.69 Å². The highest BCUT2D eigenvalue weighted by Gasteiger charge is 2.15. The lowest BCUT2D eigenvalue weighted by molar-refractivity contribution is 0.123. The van der Waals surface area contributed by atoms with Gasteiger partial charge in [0.25, 0.3) is 0 Å². The number of para-hydroxylation sites is 2. The number of aromatic nitrogens is 2. The zero-order chi connectivity index (χ0) is 16.9. The number of aryl methyl sites for hydroxylation is 1. The Hall–Kier alpha value is -2.34. The maximum absolute atomic E-state index is 5.46. The van der Waals surface area contributed by atoms with Crippen molar-refractivity contribution in [1.29, 1.82) is 0 Å². The minimum Gasteiger partial charge on any atom is -0.378 e. The summed E-state index contributed by atoms with van der Waals surface area (Å²) in [6, 6.07) is 10.6. The van der Waals surface area contributed by atoms with E-state index in [1.807, 2.05) is 19.1 Å². The van der Waals surface area contributed by atoms with Crippen LogP contribution in [0.5, 0.6) is 0 Å². The number of anilines is 4. The van der Waals surface area contributed by atoms with Gasteiger partial charge in [-0.25, -0.2) is 4.98 Å². The lowest BCUT2D eigenvalue weighted by Crippen LogP contribution is -2.36. The van der Waals surface area contributed by atoms with Crippen LogP contribution in [-0.2, 0) is 4.74 Å². The predicted octanol–water partition coefficient (Wildman–Crippen LogP) is 3.19. The normalized spacial score (nSPS) is 14.8. The fourth-order valence-corrected chi connectivity index (χ4v) is 2.75. The van der Waals surface area contributed by atoms with Gasteiger partial charge in [-0.2, -0.15) is 4.98 Å². The van der Waals surface area contributed by atoms with Crippen LogP contribution in [0.3, 0.4) is 0 Å². The fraction of sp³-hybridized carbons (Fsp3) is 0.444. The van der Waals surface area contributed by atoms with Crippen molar-refractivity contribution in [2.75, 3.05) is 41.8 Å². The summed E-state index contributed by atoms with van der Waals surface area (Å²) in [5.41, 5.74) is 3.16. The molecule has 128 valence electrons. The maximum atomic E-state index is 5.46. The third-order valence-electron chi connectivity index (χ3n) is 3.79. The monoisotopic (exact) mass is 327 g/mol. The van der Waals surface area contributed by atoms with Crippen LogP contribution in [-0.4, -0.2) is 42.3 Å². The van der Waals surface area contributed by atoms with Crippen LogP contribution in [0, 0.1) is 6.92 Å². The molecule has 0 unspecified atom stereocenters. The quantitative estimate of drug-likeness (QED) is 0.879. The second-order valence-electron chi connectivity index (χ2n) is 6.26. The molecule has 6 nitrogen and oxygen atoms in total. The maximum Gasteiger partial charge on any atom is 0.225 e. The van der Waals surface area contributed by atoms with Crippen molar-refractivity contribution >= 4 is 23.1 Å². The lowest BCUT2D eigenvalue weighted by Gasteiger charge is -2.30. The summed E-state index contributed by atoms with van der Waals surface area (Å²) in [6.45, 7) is 9.47. The number of hydrogen-bond donors (Lipinski definition) is 2. The standard InChI is InChI=1S/C18H25N5O/c1-13(2)19-18-20-14(3)12-17(22-18)21-15-6-4-5-7-16(15)23-8-10-24-11-9-23/h4-7,12-13H,8-11H2,1-3H3,(H2,19,20,21,22). The van der Waals surface area contributed by atoms with Crippen molar-refractivity contribution in [2.45, 2.75) is 26.8 Å². The summed E-state index contributed by atoms with van der Waals surface area (Å²) in [5, 5.41) is 6.71. The van der Waals surface area contributed by atoms with Crippen LogP contribution in [0.4, 0.5) is 23.1 Å². The molecule has 1 aromatic heterocycles. The van der Waals surface area contributed by atoms with E-state index >= 15 is 0 Å². The van der Waals surface area contributed by atoms with Crippen molar-refractivity contribution in [3.05, 3.63) is 36.0 Å². The topological polar surface area (TPSA) is 62.3 Å². The molecule has 1 fully saturated rings. The highest BCUT2D eigenvalue weighted by atomic mass is 16.5. The molecule has 3 rings (SSSR count). The van der Waals surface area contributed by atoms with Gasteiger partial charge in [0.15, 0.2) is 0 Å². The third kappa shape index (κ3) is 4.14. The van der Waals surface area contributed by atoms with Crippen molar-refractivity contribution in [2.24, 2.45) is 0 Å². The Kier molecular flexibility index (Phi) is 5.15. The average molecular weight is 327 g/mol. The number of hydrogen-bond acceptors (Lipinski definition) is 6. The highest BCUT2D eigenvalue weighted by molar-refractivity contribution is 5.74. The second-order valence-corrected chi connectivity index (χ2v) is 6.26. The number of morpholine rings is 1. The van der Waals surface area contributed by atoms with Crippen molar-refractivity contribution in [3.63, 3.8) is 0 Å². The first kappa shape index (κ1) is 16.5. The Balaban J connectivity index is 1.84. The van der Waals surface area contributed by atoms with Gasteiger partial charge in [-0.1, -0.05) is 12.1 Å². The van der Waals surface area contributed by atoms with Gasteiger partial charge in [0.05, 0.1) is 24.6 Å². The molecule has 6 heteroatoms. The number of rotatable bonds is 5. The molecule has 2 N–H and O–H groups in total. The van der Waals surface area contributed by atoms with Crippen LogP contribution < -0.4 is 15.5 Å². The van der Waals surface area contributed by atoms with Gasteiger partial charge in [-0.3, -0.25) is 0 Å². The summed E-state index contributed by atoms with van der Waals surface area (Å²) < 4.78 is 5.46. The van der Waals surface area contributed by atoms with Gasteiger partial charge in [0.2, 0.25) is 5.95 Å². The molecule has 0 aliphatic carbocycles. The van der Waals surface area contributed by atoms with Gasteiger partial charge >= 0.3 is 0 Å². The van der Waals surface area contributed by atoms with Gasteiger partial charge in [0.1, 0.15) is 5.82 Å². The molecule has 2 aromatic rings. The van der Waals surface area contributed by atoms with E-state index < -0.39 is 0 Å². The molecular formula is C18H25N5O. The molecule has 1 aromatic carbocycles. The van der Waals surface area contributed by atoms with E-state index in [9.17, 15) is 0 Å². The summed E-state index contributed by atoms with van der Waals surface area (Å²) in [4.78, 5) is 11.4. The van der Waals surface area contributed by atoms with Crippen molar-refractivity contribution in [3.8, 4) is 0 Å². The number of nitrogens with one attached hydrogen (secondary N) is 2. The minimum atomic E-state index is 0.292. The van der Waals surface area contributed by atoms with E-state index in [0.717, 1.165) is 43.5 Å². The number of benzene rings is 1. The van der Waals surface area contributed by atoms with Crippen molar-refractivity contribution in [1.82, 2.24) is 9.97 Å². The van der Waals surface area contributed by atoms with Crippen LogP contribution in [0.2, 0.25) is 0 Å². The van der Waals surface area contributed by atoms with Crippen LogP contribution in [0.1, 0.15) is 19.5 Å². The van der Waals surface area contributed by atoms with Gasteiger partial charge in [-0.05, 0) is 32.9 Å². The first-order valence-corrected chi connectivity index (χ1v) is 8.43. The molecular weight excluding hydrogens is 302 g/mol. The summed E-state index contributed by atoms with van der Waals surface area (Å²) >= 11 is 0. The Bertz CT molecular complexity index is 683. The van der Waals surface area contributed by atoms with E-state index in [1.54, 1.807) is 0 Å². The zero-order valence-corrected chi connectivity index (χ0v) is 14.5. The number of nitrogens with zero attached hydrogens (tertiary/aromatic N) is 3. The fourth-order valence-electron chi connectivity index (χ4n) is 2.75. The van der Waals surface area contributed by atoms with E-state index in [2.05, 4.69) is 57.5 Å². The molecule has 2 heterocycles. The molecule has 0 bridgehead atoms. The largest absolute Gasteiger partial charge is 0.378 e. The first-order chi connectivity index (χ1) is 11.6. The second kappa shape index (κ2) is 7.49. The summed E-state index contributed by atoms with van der Waals surface area (Å²) in [5.74, 6) is 1.45. The smallest absolute Gasteiger partial charge is 0.225 e. The highest BCUT2D eigenvalue weighted by Crippen LogP contribution is 2.29. The van der Waals surface area contributed by atoms with Gasteiger partial charge < -0.3 is 20.3 Å². The molecule has 0 atom stereocenters. The zero-order valence-electron chi connectivity index (χ0n) is 14.5. The van der Waals surface area contributed by atoms with Crippen LogP contribution >= 0.6 is 0 Å². The lowest BCUT2D eigenvalue weighted by atomic mass is 10.2. The predicted molar refractivity (Wildman–Crippen MR) is 98.3 cm³/mol. The number of ether oxygens (including phenoxy) is 1. The Labute approximate surface area is 143 Å². The minimum absolute atomic E-state index is 0.292. The Morgan fingerprint density at radius 1 is 1.12 bits per heavy atom. The molecule has 0 spiro atoms. The molecule has 1 saturated heterocycles. The Morgan fingerprint density at radius 3 is 2.62 bits per heavy atom. The molecule has 1 aliphatic heterocycles. The first-order valence-electron chi connectivity index (χ1n) is 8.43. The van der Waals surface area contributed by atoms with E-state index in [0.29, 0.717) is 12.0 Å². The van der Waals surface area contributed by atoms with E-state index in [4.69, 9.17) is 4.74 Å². The summed E-state index contributed by atoms with van der Waals surface area (Å²) in [7, 11) is 0. The van der Waals surface area contributed by atoms with Crippen molar-refractivity contribution < 1.29 is 4.74 Å². The molecule has 0 saturated carbocycles. The van der Waals surface area contributed by atoms with Gasteiger partial charge in [0, 0.05) is 30.9 Å². The molecule has 1 aliphatic rings.